The first-order valence-electron chi connectivity index (χ1n) is 8.04. The molecule has 0 amide bonds. The highest BCUT2D eigenvalue weighted by Crippen LogP contribution is 2.21. The molecule has 124 valence electrons. The number of nitrogens with zero attached hydrogens (tertiary/aromatic N) is 2. The van der Waals surface area contributed by atoms with E-state index in [1.165, 1.54) is 5.56 Å². The number of rotatable bonds is 7. The van der Waals surface area contributed by atoms with Crippen LogP contribution in [0.25, 0.3) is 10.9 Å². The van der Waals surface area contributed by atoms with E-state index in [1.807, 2.05) is 30.3 Å². The topological polar surface area (TPSA) is 56.3 Å². The van der Waals surface area contributed by atoms with Crippen LogP contribution in [-0.2, 0) is 6.42 Å². The van der Waals surface area contributed by atoms with E-state index in [0.29, 0.717) is 13.2 Å². The zero-order valence-electron chi connectivity index (χ0n) is 14.0. The minimum atomic E-state index is 0.547. The smallest absolute Gasteiger partial charge is 0.137 e. The molecule has 0 bridgehead atoms. The van der Waals surface area contributed by atoms with Gasteiger partial charge in [-0.3, -0.25) is 0 Å². The van der Waals surface area contributed by atoms with Crippen molar-refractivity contribution in [3.63, 3.8) is 0 Å². The number of hydrogen-bond acceptors (Lipinski definition) is 5. The Balaban J connectivity index is 1.61. The van der Waals surface area contributed by atoms with Crippen molar-refractivity contribution in [1.82, 2.24) is 9.97 Å². The molecule has 5 heteroatoms. The minimum Gasteiger partial charge on any atom is -0.497 e. The monoisotopic (exact) mass is 323 g/mol. The molecular weight excluding hydrogens is 302 g/mol. The molecule has 0 spiro atoms. The van der Waals surface area contributed by atoms with Crippen molar-refractivity contribution in [2.24, 2.45) is 0 Å². The third kappa shape index (κ3) is 3.74. The van der Waals surface area contributed by atoms with E-state index in [2.05, 4.69) is 34.3 Å². The first kappa shape index (κ1) is 16.1. The molecular formula is C19H21N3O2. The maximum Gasteiger partial charge on any atom is 0.137 e. The molecule has 3 rings (SSSR count). The number of anilines is 1. The van der Waals surface area contributed by atoms with Gasteiger partial charge >= 0.3 is 0 Å². The minimum absolute atomic E-state index is 0.547. The van der Waals surface area contributed by atoms with Crippen LogP contribution in [0.2, 0.25) is 0 Å². The molecule has 1 N–H and O–H groups in total. The first-order valence-corrected chi connectivity index (χ1v) is 8.04. The Kier molecular flexibility index (Phi) is 5.11. The van der Waals surface area contributed by atoms with E-state index < -0.39 is 0 Å². The summed E-state index contributed by atoms with van der Waals surface area (Å²) in [6.45, 7) is 3.35. The van der Waals surface area contributed by atoms with Gasteiger partial charge in [0.25, 0.3) is 0 Å². The summed E-state index contributed by atoms with van der Waals surface area (Å²) < 4.78 is 10.9. The number of nitrogens with one attached hydrogen (secondary N) is 1. The average Bonchev–Trinajstić information content (AvgIpc) is 2.65. The van der Waals surface area contributed by atoms with Crippen LogP contribution in [0.15, 0.2) is 48.8 Å². The van der Waals surface area contributed by atoms with E-state index >= 15 is 0 Å². The maximum absolute atomic E-state index is 5.72. The van der Waals surface area contributed by atoms with E-state index in [0.717, 1.165) is 34.6 Å². The lowest BCUT2D eigenvalue weighted by Gasteiger charge is -2.10. The molecule has 0 aliphatic heterocycles. The molecule has 0 fully saturated rings. The Labute approximate surface area is 141 Å². The second-order valence-electron chi connectivity index (χ2n) is 5.38. The molecule has 0 radical (unpaired) electrons. The Hall–Kier alpha value is -2.82. The number of fused-ring (bicyclic) bond motifs is 1. The third-order valence-corrected chi connectivity index (χ3v) is 3.83. The second kappa shape index (κ2) is 7.64. The fraction of sp³-hybridized carbons (Fsp3) is 0.263. The lowest BCUT2D eigenvalue weighted by molar-refractivity contribution is 0.331. The lowest BCUT2D eigenvalue weighted by atomic mass is 10.1. The number of aryl methyl sites for hydroxylation is 1. The fourth-order valence-electron chi connectivity index (χ4n) is 2.47. The fourth-order valence-corrected chi connectivity index (χ4v) is 2.47. The summed E-state index contributed by atoms with van der Waals surface area (Å²) >= 11 is 0. The highest BCUT2D eigenvalue weighted by atomic mass is 16.5. The SMILES string of the molecule is CCc1ccc2ncnc(NCCOc3ccc(OC)cc3)c2c1. The Bertz CT molecular complexity index is 803. The van der Waals surface area contributed by atoms with Gasteiger partial charge in [0.2, 0.25) is 0 Å². The van der Waals surface area contributed by atoms with Crippen LogP contribution in [0.1, 0.15) is 12.5 Å². The van der Waals surface area contributed by atoms with Gasteiger partial charge in [-0.05, 0) is 48.4 Å². The van der Waals surface area contributed by atoms with Crippen LogP contribution in [0.3, 0.4) is 0 Å². The zero-order chi connectivity index (χ0) is 16.8. The number of aromatic nitrogens is 2. The third-order valence-electron chi connectivity index (χ3n) is 3.83. The number of ether oxygens (including phenoxy) is 2. The Morgan fingerprint density at radius 2 is 1.79 bits per heavy atom. The van der Waals surface area contributed by atoms with Gasteiger partial charge in [0, 0.05) is 5.39 Å². The van der Waals surface area contributed by atoms with Crippen molar-refractivity contribution in [2.75, 3.05) is 25.6 Å². The van der Waals surface area contributed by atoms with Crippen molar-refractivity contribution in [3.05, 3.63) is 54.4 Å². The number of benzene rings is 2. The molecule has 0 aliphatic carbocycles. The molecule has 5 nitrogen and oxygen atoms in total. The largest absolute Gasteiger partial charge is 0.497 e. The van der Waals surface area contributed by atoms with Crippen LogP contribution >= 0.6 is 0 Å². The molecule has 1 heterocycles. The first-order chi connectivity index (χ1) is 11.8. The van der Waals surface area contributed by atoms with Gasteiger partial charge in [-0.2, -0.15) is 0 Å². The van der Waals surface area contributed by atoms with E-state index in [9.17, 15) is 0 Å². The molecule has 0 aliphatic rings. The van der Waals surface area contributed by atoms with E-state index in [1.54, 1.807) is 13.4 Å². The summed E-state index contributed by atoms with van der Waals surface area (Å²) in [5, 5.41) is 4.37. The van der Waals surface area contributed by atoms with Crippen molar-refractivity contribution in [3.8, 4) is 11.5 Å². The maximum atomic E-state index is 5.72. The van der Waals surface area contributed by atoms with Gasteiger partial charge in [0.15, 0.2) is 0 Å². The highest BCUT2D eigenvalue weighted by Gasteiger charge is 2.04. The molecule has 0 unspecified atom stereocenters. The average molecular weight is 323 g/mol. The Morgan fingerprint density at radius 1 is 1.00 bits per heavy atom. The summed E-state index contributed by atoms with van der Waals surface area (Å²) in [7, 11) is 1.65. The number of methoxy groups -OCH3 is 1. The quantitative estimate of drug-likeness (QED) is 0.672. The van der Waals surface area contributed by atoms with Crippen LogP contribution in [0, 0.1) is 0 Å². The van der Waals surface area contributed by atoms with Crippen molar-refractivity contribution in [2.45, 2.75) is 13.3 Å². The van der Waals surface area contributed by atoms with E-state index in [-0.39, 0.29) is 0 Å². The number of hydrogen-bond donors (Lipinski definition) is 1. The predicted octanol–water partition coefficient (Wildman–Crippen LogP) is 3.69. The predicted molar refractivity (Wildman–Crippen MR) is 95.9 cm³/mol. The van der Waals surface area contributed by atoms with Gasteiger partial charge in [0.1, 0.15) is 30.3 Å². The van der Waals surface area contributed by atoms with Crippen LogP contribution in [0.5, 0.6) is 11.5 Å². The highest BCUT2D eigenvalue weighted by molar-refractivity contribution is 5.89. The molecule has 0 saturated heterocycles. The van der Waals surface area contributed by atoms with Gasteiger partial charge < -0.3 is 14.8 Å². The van der Waals surface area contributed by atoms with Gasteiger partial charge in [-0.15, -0.1) is 0 Å². The second-order valence-corrected chi connectivity index (χ2v) is 5.38. The van der Waals surface area contributed by atoms with Gasteiger partial charge in [-0.25, -0.2) is 9.97 Å². The van der Waals surface area contributed by atoms with Gasteiger partial charge in [0.05, 0.1) is 19.2 Å². The standard InChI is InChI=1S/C19H21N3O2/c1-3-14-4-9-18-17(12-14)19(22-13-21-18)20-10-11-24-16-7-5-15(23-2)6-8-16/h4-9,12-13H,3,10-11H2,1-2H3,(H,20,21,22). The zero-order valence-corrected chi connectivity index (χ0v) is 14.0. The summed E-state index contributed by atoms with van der Waals surface area (Å²) in [5.74, 6) is 2.48. The summed E-state index contributed by atoms with van der Waals surface area (Å²) in [6, 6.07) is 13.8. The molecule has 0 atom stereocenters. The molecule has 2 aromatic carbocycles. The van der Waals surface area contributed by atoms with Crippen molar-refractivity contribution >= 4 is 16.7 Å². The molecule has 24 heavy (non-hydrogen) atoms. The molecule has 0 saturated carbocycles. The van der Waals surface area contributed by atoms with Crippen LogP contribution in [-0.4, -0.2) is 30.2 Å². The normalized spacial score (nSPS) is 10.6. The summed E-state index contributed by atoms with van der Waals surface area (Å²) in [4.78, 5) is 8.67. The van der Waals surface area contributed by atoms with Crippen molar-refractivity contribution < 1.29 is 9.47 Å². The van der Waals surface area contributed by atoms with Crippen LogP contribution < -0.4 is 14.8 Å². The molecule has 3 aromatic rings. The molecule has 1 aromatic heterocycles. The Morgan fingerprint density at radius 3 is 2.54 bits per heavy atom. The van der Waals surface area contributed by atoms with E-state index in [4.69, 9.17) is 9.47 Å². The summed E-state index contributed by atoms with van der Waals surface area (Å²) in [6.07, 6.45) is 2.57. The lowest BCUT2D eigenvalue weighted by Crippen LogP contribution is -2.12. The van der Waals surface area contributed by atoms with Crippen molar-refractivity contribution in [1.29, 1.82) is 0 Å². The summed E-state index contributed by atoms with van der Waals surface area (Å²) in [5.41, 5.74) is 2.22. The van der Waals surface area contributed by atoms with Gasteiger partial charge in [-0.1, -0.05) is 13.0 Å². The van der Waals surface area contributed by atoms with Crippen LogP contribution in [0.4, 0.5) is 5.82 Å².